The quantitative estimate of drug-likeness (QED) is 0.604. The summed E-state index contributed by atoms with van der Waals surface area (Å²) in [5, 5.41) is 10.3. The average molecular weight is 455 g/mol. The van der Waals surface area contributed by atoms with Crippen LogP contribution >= 0.6 is 0 Å². The topological polar surface area (TPSA) is 83.5 Å². The predicted molar refractivity (Wildman–Crippen MR) is 118 cm³/mol. The molecule has 0 N–H and O–H groups in total. The maximum atomic E-state index is 14.6. The Hall–Kier alpha value is -2.91. The number of hydrogen-bond donors (Lipinski definition) is 0. The highest BCUT2D eigenvalue weighted by molar-refractivity contribution is 7.88. The van der Waals surface area contributed by atoms with E-state index in [1.165, 1.54) is 16.6 Å². The molecule has 9 heteroatoms. The number of benzene rings is 2. The van der Waals surface area contributed by atoms with Crippen LogP contribution in [0.2, 0.25) is 0 Å². The second-order valence-electron chi connectivity index (χ2n) is 8.68. The number of hydrogen-bond acceptors (Lipinski definition) is 5. The largest absolute Gasteiger partial charge is 0.338 e. The lowest BCUT2D eigenvalue weighted by Crippen LogP contribution is -2.35. The Morgan fingerprint density at radius 2 is 1.81 bits per heavy atom. The Balaban J connectivity index is 1.35. The molecule has 7 nitrogen and oxygen atoms in total. The van der Waals surface area contributed by atoms with Crippen LogP contribution < -0.4 is 0 Å². The maximum Gasteiger partial charge on any atom is 0.256 e. The lowest BCUT2D eigenvalue weighted by molar-refractivity contribution is 0.0774. The Morgan fingerprint density at radius 3 is 2.53 bits per heavy atom. The molecule has 1 amide bonds. The highest BCUT2D eigenvalue weighted by atomic mass is 32.2. The first kappa shape index (κ1) is 21.0. The van der Waals surface area contributed by atoms with E-state index in [-0.39, 0.29) is 23.3 Å². The van der Waals surface area contributed by atoms with Crippen molar-refractivity contribution in [2.24, 2.45) is 11.8 Å². The molecule has 2 fully saturated rings. The normalized spacial score (nSPS) is 21.2. The van der Waals surface area contributed by atoms with E-state index < -0.39 is 15.8 Å². The molecular weight excluding hydrogens is 431 g/mol. The minimum Gasteiger partial charge on any atom is -0.338 e. The van der Waals surface area contributed by atoms with Crippen molar-refractivity contribution in [3.05, 3.63) is 71.3 Å². The van der Waals surface area contributed by atoms with Crippen molar-refractivity contribution in [3.8, 4) is 0 Å². The van der Waals surface area contributed by atoms with Crippen LogP contribution in [0.4, 0.5) is 4.39 Å². The molecule has 2 aliphatic rings. The molecule has 2 atom stereocenters. The fraction of sp³-hybridized carbons (Fsp3) is 0.348. The minimum atomic E-state index is -3.23. The smallest absolute Gasteiger partial charge is 0.256 e. The molecule has 3 aromatic rings. The van der Waals surface area contributed by atoms with Crippen LogP contribution in [0.1, 0.15) is 21.6 Å². The summed E-state index contributed by atoms with van der Waals surface area (Å²) in [6.45, 7) is 1.70. The van der Waals surface area contributed by atoms with Crippen molar-refractivity contribution in [2.45, 2.75) is 6.42 Å². The van der Waals surface area contributed by atoms with Gasteiger partial charge in [-0.1, -0.05) is 30.3 Å². The van der Waals surface area contributed by atoms with Gasteiger partial charge in [-0.2, -0.15) is 10.2 Å². The van der Waals surface area contributed by atoms with Gasteiger partial charge in [0.05, 0.1) is 23.7 Å². The minimum absolute atomic E-state index is 0.0376. The first-order valence-corrected chi connectivity index (χ1v) is 12.4. The third-order valence-corrected chi connectivity index (χ3v) is 7.72. The molecule has 2 unspecified atom stereocenters. The van der Waals surface area contributed by atoms with Crippen molar-refractivity contribution in [1.82, 2.24) is 19.4 Å². The van der Waals surface area contributed by atoms with Crippen LogP contribution in [0.3, 0.4) is 0 Å². The van der Waals surface area contributed by atoms with Crippen LogP contribution in [-0.2, 0) is 16.4 Å². The first-order valence-electron chi connectivity index (χ1n) is 10.5. The van der Waals surface area contributed by atoms with Gasteiger partial charge in [0.1, 0.15) is 5.82 Å². The number of carbonyl (C=O) groups is 1. The number of fused-ring (bicyclic) bond motifs is 2. The van der Waals surface area contributed by atoms with Crippen molar-refractivity contribution in [2.75, 3.05) is 32.4 Å². The lowest BCUT2D eigenvalue weighted by Gasteiger charge is -2.21. The van der Waals surface area contributed by atoms with E-state index in [1.807, 2.05) is 24.3 Å². The highest BCUT2D eigenvalue weighted by Gasteiger charge is 2.44. The van der Waals surface area contributed by atoms with Crippen LogP contribution in [0.15, 0.2) is 48.7 Å². The third kappa shape index (κ3) is 3.86. The van der Waals surface area contributed by atoms with Gasteiger partial charge in [-0.3, -0.25) is 4.79 Å². The van der Waals surface area contributed by atoms with Crippen LogP contribution in [-0.4, -0.2) is 66.2 Å². The zero-order valence-corrected chi connectivity index (χ0v) is 18.4. The van der Waals surface area contributed by atoms with Crippen molar-refractivity contribution < 1.29 is 17.6 Å². The molecule has 2 aromatic carbocycles. The Bertz CT molecular complexity index is 1290. The van der Waals surface area contributed by atoms with E-state index in [1.54, 1.807) is 23.2 Å². The van der Waals surface area contributed by atoms with Gasteiger partial charge in [-0.15, -0.1) is 0 Å². The summed E-state index contributed by atoms with van der Waals surface area (Å²) >= 11 is 0. The summed E-state index contributed by atoms with van der Waals surface area (Å²) in [4.78, 5) is 14.8. The average Bonchev–Trinajstić information content (AvgIpc) is 3.34. The van der Waals surface area contributed by atoms with E-state index in [0.717, 1.165) is 22.0 Å². The zero-order chi connectivity index (χ0) is 22.5. The third-order valence-electron chi connectivity index (χ3n) is 6.49. The van der Waals surface area contributed by atoms with Gasteiger partial charge >= 0.3 is 0 Å². The summed E-state index contributed by atoms with van der Waals surface area (Å²) < 4.78 is 39.7. The predicted octanol–water partition coefficient (Wildman–Crippen LogP) is 2.32. The number of aromatic nitrogens is 2. The molecule has 0 radical (unpaired) electrons. The summed E-state index contributed by atoms with van der Waals surface area (Å²) in [5.41, 5.74) is 1.59. The summed E-state index contributed by atoms with van der Waals surface area (Å²) in [6.07, 6.45) is 3.34. The molecule has 3 heterocycles. The molecule has 0 bridgehead atoms. The molecule has 2 aliphatic heterocycles. The first-order chi connectivity index (χ1) is 15.3. The fourth-order valence-corrected chi connectivity index (χ4v) is 5.74. The van der Waals surface area contributed by atoms with Crippen molar-refractivity contribution in [1.29, 1.82) is 0 Å². The van der Waals surface area contributed by atoms with Gasteiger partial charge in [0.2, 0.25) is 10.0 Å². The maximum absolute atomic E-state index is 14.6. The van der Waals surface area contributed by atoms with Gasteiger partial charge in [-0.05, 0) is 29.5 Å². The summed E-state index contributed by atoms with van der Waals surface area (Å²) in [7, 11) is -3.23. The fourth-order valence-electron chi connectivity index (χ4n) is 4.81. The number of likely N-dealkylation sites (tertiary alicyclic amines) is 1. The summed E-state index contributed by atoms with van der Waals surface area (Å²) in [6, 6.07) is 12.4. The van der Waals surface area contributed by atoms with Crippen LogP contribution in [0.5, 0.6) is 0 Å². The molecule has 32 heavy (non-hydrogen) atoms. The Labute approximate surface area is 185 Å². The van der Waals surface area contributed by atoms with E-state index in [9.17, 15) is 17.6 Å². The summed E-state index contributed by atoms with van der Waals surface area (Å²) in [5.74, 6) is -0.733. The standard InChI is InChI=1S/C23H23FN4O3S/c1-32(30,31)28-13-17-11-27(12-18(17)14-28)23(29)20-8-15(6-7-21(20)24)9-22-19-5-3-2-4-16(19)10-25-26-22/h2-8,10,17-18H,9,11-14H2,1H3. The number of rotatable bonds is 4. The highest BCUT2D eigenvalue weighted by Crippen LogP contribution is 2.33. The monoisotopic (exact) mass is 454 g/mol. The van der Waals surface area contributed by atoms with Gasteiger partial charge in [0.15, 0.2) is 0 Å². The van der Waals surface area contributed by atoms with Crippen LogP contribution in [0, 0.1) is 17.7 Å². The molecule has 0 aliphatic carbocycles. The molecular formula is C23H23FN4O3S. The van der Waals surface area contributed by atoms with Gasteiger partial charge in [0, 0.05) is 43.4 Å². The zero-order valence-electron chi connectivity index (χ0n) is 17.6. The Kier molecular flexibility index (Phi) is 5.17. The van der Waals surface area contributed by atoms with Gasteiger partial charge in [0.25, 0.3) is 5.91 Å². The molecule has 1 aromatic heterocycles. The van der Waals surface area contributed by atoms with E-state index in [4.69, 9.17) is 0 Å². The van der Waals surface area contributed by atoms with Gasteiger partial charge in [-0.25, -0.2) is 17.1 Å². The Morgan fingerprint density at radius 1 is 1.09 bits per heavy atom. The van der Waals surface area contributed by atoms with Crippen molar-refractivity contribution in [3.63, 3.8) is 0 Å². The van der Waals surface area contributed by atoms with Crippen molar-refractivity contribution >= 4 is 26.7 Å². The molecule has 166 valence electrons. The molecule has 0 saturated carbocycles. The molecule has 2 saturated heterocycles. The lowest BCUT2D eigenvalue weighted by atomic mass is 10.0. The molecule has 5 rings (SSSR count). The van der Waals surface area contributed by atoms with Crippen LogP contribution in [0.25, 0.3) is 10.8 Å². The van der Waals surface area contributed by atoms with E-state index in [2.05, 4.69) is 10.2 Å². The second kappa shape index (κ2) is 7.90. The second-order valence-corrected chi connectivity index (χ2v) is 10.7. The SMILES string of the molecule is CS(=O)(=O)N1CC2CN(C(=O)c3cc(Cc4nncc5ccccc45)ccc3F)CC2C1. The van der Waals surface area contributed by atoms with Gasteiger partial charge < -0.3 is 4.90 Å². The van der Waals surface area contributed by atoms with E-state index >= 15 is 0 Å². The number of halogens is 1. The number of amides is 1. The number of carbonyl (C=O) groups excluding carboxylic acids is 1. The molecule has 0 spiro atoms. The number of nitrogens with zero attached hydrogens (tertiary/aromatic N) is 4. The number of sulfonamides is 1. The van der Waals surface area contributed by atoms with E-state index in [0.29, 0.717) is 32.6 Å².